The molecule has 0 spiro atoms. The van der Waals surface area contributed by atoms with Crippen molar-refractivity contribution in [2.75, 3.05) is 7.11 Å². The van der Waals surface area contributed by atoms with Gasteiger partial charge in [0.25, 0.3) is 0 Å². The Morgan fingerprint density at radius 3 is 2.33 bits per heavy atom. The molecule has 15 heavy (non-hydrogen) atoms. The Balaban J connectivity index is 2.94. The lowest BCUT2D eigenvalue weighted by atomic mass is 10.3. The van der Waals surface area contributed by atoms with E-state index < -0.39 is 12.1 Å². The van der Waals surface area contributed by atoms with Gasteiger partial charge in [-0.05, 0) is 12.1 Å². The highest BCUT2D eigenvalue weighted by Crippen LogP contribution is 2.30. The molecule has 1 rings (SSSR count). The Kier molecular flexibility index (Phi) is 3.08. The molecule has 0 amide bonds. The molecule has 0 radical (unpaired) electrons. The number of aliphatic carboxylic acids is 1. The van der Waals surface area contributed by atoms with E-state index in [0.717, 1.165) is 0 Å². The number of ether oxygens (including phenoxy) is 2. The van der Waals surface area contributed by atoms with E-state index in [1.165, 1.54) is 25.3 Å². The van der Waals surface area contributed by atoms with Crippen LogP contribution in [-0.2, 0) is 4.79 Å². The van der Waals surface area contributed by atoms with Gasteiger partial charge in [0.05, 0.1) is 7.11 Å². The lowest BCUT2D eigenvalue weighted by Crippen LogP contribution is -2.34. The number of hydrogen-bond donors (Lipinski definition) is 1. The number of rotatable bonds is 4. The average Bonchev–Trinajstić information content (AvgIpc) is 2.18. The highest BCUT2D eigenvalue weighted by Gasteiger charge is 2.43. The standard InChI is InChI=1S/C9H8F2O4/c1-14-6-4-2-3-5-7(6)15-9(10,11)8(12)13/h2-5H,1H3,(H,12,13). The van der Waals surface area contributed by atoms with Crippen molar-refractivity contribution in [3.8, 4) is 11.5 Å². The molecule has 1 aromatic rings. The molecule has 0 heterocycles. The molecule has 0 atom stereocenters. The molecule has 0 unspecified atom stereocenters. The maximum absolute atomic E-state index is 12.7. The molecule has 0 aliphatic heterocycles. The van der Waals surface area contributed by atoms with Crippen LogP contribution in [0.4, 0.5) is 8.78 Å². The van der Waals surface area contributed by atoms with E-state index in [9.17, 15) is 13.6 Å². The molecule has 0 fully saturated rings. The molecular weight excluding hydrogens is 210 g/mol. The third kappa shape index (κ3) is 2.55. The van der Waals surface area contributed by atoms with Crippen molar-refractivity contribution in [3.05, 3.63) is 24.3 Å². The second-order valence-corrected chi connectivity index (χ2v) is 2.57. The van der Waals surface area contributed by atoms with Crippen molar-refractivity contribution in [1.29, 1.82) is 0 Å². The van der Waals surface area contributed by atoms with Crippen LogP contribution in [0.5, 0.6) is 11.5 Å². The van der Waals surface area contributed by atoms with Crippen LogP contribution in [0.3, 0.4) is 0 Å². The van der Waals surface area contributed by atoms with Gasteiger partial charge >= 0.3 is 12.1 Å². The van der Waals surface area contributed by atoms with Gasteiger partial charge in [0.15, 0.2) is 11.5 Å². The van der Waals surface area contributed by atoms with Crippen molar-refractivity contribution >= 4 is 5.97 Å². The smallest absolute Gasteiger partial charge is 0.493 e. The first-order chi connectivity index (χ1) is 6.97. The Hall–Kier alpha value is -1.85. The molecule has 4 nitrogen and oxygen atoms in total. The Morgan fingerprint density at radius 2 is 1.87 bits per heavy atom. The third-order valence-electron chi connectivity index (χ3n) is 1.56. The van der Waals surface area contributed by atoms with Gasteiger partial charge in [0, 0.05) is 0 Å². The first-order valence-corrected chi connectivity index (χ1v) is 3.90. The summed E-state index contributed by atoms with van der Waals surface area (Å²) in [4.78, 5) is 10.1. The van der Waals surface area contributed by atoms with Crippen LogP contribution in [0.1, 0.15) is 0 Å². The molecule has 1 N–H and O–H groups in total. The topological polar surface area (TPSA) is 55.8 Å². The van der Waals surface area contributed by atoms with Crippen LogP contribution in [0.25, 0.3) is 0 Å². The minimum Gasteiger partial charge on any atom is -0.493 e. The Bertz CT molecular complexity index is 365. The summed E-state index contributed by atoms with van der Waals surface area (Å²) in [6.45, 7) is 0. The van der Waals surface area contributed by atoms with Gasteiger partial charge < -0.3 is 14.6 Å². The summed E-state index contributed by atoms with van der Waals surface area (Å²) >= 11 is 0. The summed E-state index contributed by atoms with van der Waals surface area (Å²) in [7, 11) is 1.26. The van der Waals surface area contributed by atoms with Crippen LogP contribution in [-0.4, -0.2) is 24.3 Å². The van der Waals surface area contributed by atoms with Crippen LogP contribution < -0.4 is 9.47 Å². The van der Waals surface area contributed by atoms with Crippen LogP contribution in [0.2, 0.25) is 0 Å². The second kappa shape index (κ2) is 4.12. The van der Waals surface area contributed by atoms with Crippen molar-refractivity contribution in [3.63, 3.8) is 0 Å². The lowest BCUT2D eigenvalue weighted by Gasteiger charge is -2.15. The number of para-hydroxylation sites is 2. The van der Waals surface area contributed by atoms with Crippen molar-refractivity contribution in [2.45, 2.75) is 6.11 Å². The fraction of sp³-hybridized carbons (Fsp3) is 0.222. The zero-order chi connectivity index (χ0) is 11.5. The lowest BCUT2D eigenvalue weighted by molar-refractivity contribution is -0.211. The molecule has 0 saturated heterocycles. The number of hydrogen-bond acceptors (Lipinski definition) is 3. The van der Waals surface area contributed by atoms with Crippen LogP contribution in [0.15, 0.2) is 24.3 Å². The number of halogens is 2. The van der Waals surface area contributed by atoms with Gasteiger partial charge in [-0.15, -0.1) is 0 Å². The third-order valence-corrected chi connectivity index (χ3v) is 1.56. The van der Waals surface area contributed by atoms with E-state index in [1.54, 1.807) is 6.07 Å². The predicted octanol–water partition coefficient (Wildman–Crippen LogP) is 1.75. The Labute approximate surface area is 84.0 Å². The largest absolute Gasteiger partial charge is 0.502 e. The molecule has 6 heteroatoms. The highest BCUT2D eigenvalue weighted by atomic mass is 19.3. The van der Waals surface area contributed by atoms with Gasteiger partial charge in [-0.1, -0.05) is 12.1 Å². The summed E-state index contributed by atoms with van der Waals surface area (Å²) < 4.78 is 34.1. The zero-order valence-corrected chi connectivity index (χ0v) is 7.74. The predicted molar refractivity (Wildman–Crippen MR) is 46.2 cm³/mol. The van der Waals surface area contributed by atoms with Crippen molar-refractivity contribution < 1.29 is 28.2 Å². The maximum atomic E-state index is 12.7. The number of carbonyl (C=O) groups is 1. The van der Waals surface area contributed by atoms with Gasteiger partial charge in [0.1, 0.15) is 0 Å². The number of methoxy groups -OCH3 is 1. The van der Waals surface area contributed by atoms with Crippen LogP contribution in [0, 0.1) is 0 Å². The van der Waals surface area contributed by atoms with E-state index in [2.05, 4.69) is 4.74 Å². The monoisotopic (exact) mass is 218 g/mol. The van der Waals surface area contributed by atoms with E-state index in [4.69, 9.17) is 9.84 Å². The SMILES string of the molecule is COc1ccccc1OC(F)(F)C(=O)O. The van der Waals surface area contributed by atoms with Gasteiger partial charge in [-0.25, -0.2) is 4.79 Å². The summed E-state index contributed by atoms with van der Waals surface area (Å²) in [6.07, 6.45) is -4.27. The number of carboxylic acids is 1. The van der Waals surface area contributed by atoms with E-state index >= 15 is 0 Å². The van der Waals surface area contributed by atoms with Gasteiger partial charge in [-0.3, -0.25) is 0 Å². The van der Waals surface area contributed by atoms with Crippen molar-refractivity contribution in [2.24, 2.45) is 0 Å². The normalized spacial score (nSPS) is 10.9. The summed E-state index contributed by atoms with van der Waals surface area (Å²) in [5, 5.41) is 8.15. The number of alkyl halides is 2. The molecular formula is C9H8F2O4. The Morgan fingerprint density at radius 1 is 1.33 bits per heavy atom. The van der Waals surface area contributed by atoms with E-state index in [0.29, 0.717) is 0 Å². The summed E-state index contributed by atoms with van der Waals surface area (Å²) in [5.41, 5.74) is 0. The highest BCUT2D eigenvalue weighted by molar-refractivity contribution is 5.74. The molecule has 82 valence electrons. The van der Waals surface area contributed by atoms with Crippen molar-refractivity contribution in [1.82, 2.24) is 0 Å². The quantitative estimate of drug-likeness (QED) is 0.836. The first-order valence-electron chi connectivity index (χ1n) is 3.90. The maximum Gasteiger partial charge on any atom is 0.502 e. The second-order valence-electron chi connectivity index (χ2n) is 2.57. The minimum atomic E-state index is -4.27. The first kappa shape index (κ1) is 11.2. The fourth-order valence-corrected chi connectivity index (χ4v) is 0.885. The molecule has 0 aliphatic carbocycles. The minimum absolute atomic E-state index is 0.0402. The zero-order valence-electron chi connectivity index (χ0n) is 7.74. The summed E-state index contributed by atoms with van der Waals surface area (Å²) in [6, 6.07) is 5.54. The van der Waals surface area contributed by atoms with E-state index in [-0.39, 0.29) is 11.5 Å². The summed E-state index contributed by atoms with van der Waals surface area (Å²) in [5.74, 6) is -2.64. The number of carboxylic acid groups (broad SMARTS) is 1. The fourth-order valence-electron chi connectivity index (χ4n) is 0.885. The number of benzene rings is 1. The average molecular weight is 218 g/mol. The molecule has 0 aliphatic rings. The van der Waals surface area contributed by atoms with Gasteiger partial charge in [0.2, 0.25) is 0 Å². The van der Waals surface area contributed by atoms with E-state index in [1.807, 2.05) is 0 Å². The molecule has 0 saturated carbocycles. The molecule has 0 aromatic heterocycles. The van der Waals surface area contributed by atoms with Gasteiger partial charge in [-0.2, -0.15) is 8.78 Å². The van der Waals surface area contributed by atoms with Crippen LogP contribution >= 0.6 is 0 Å². The molecule has 0 bridgehead atoms. The molecule has 1 aromatic carbocycles.